The molecule has 0 spiro atoms. The fourth-order valence-corrected chi connectivity index (χ4v) is 0.628. The smallest absolute Gasteiger partial charge is 0.337 e. The summed E-state index contributed by atoms with van der Waals surface area (Å²) < 4.78 is 0. The molecule has 0 saturated heterocycles. The minimum atomic E-state index is -1.02. The average molecular weight is 153 g/mol. The average Bonchev–Trinajstić information content (AvgIpc) is 2.05. The molecule has 5 nitrogen and oxygen atoms in total. The van der Waals surface area contributed by atoms with Crippen LogP contribution in [0.1, 0.15) is 16.1 Å². The number of nitrogens with zero attached hydrogens (tertiary/aromatic N) is 2. The van der Waals surface area contributed by atoms with E-state index < -0.39 is 5.97 Å². The van der Waals surface area contributed by atoms with Crippen LogP contribution < -0.4 is 5.73 Å². The minimum absolute atomic E-state index is 0.112. The highest BCUT2D eigenvalue weighted by molar-refractivity contribution is 5.87. The SMILES string of the molecule is NCc1cc(C(=O)O)cnn1. The maximum Gasteiger partial charge on any atom is 0.337 e. The third-order valence-electron chi connectivity index (χ3n) is 1.16. The Kier molecular flexibility index (Phi) is 2.12. The first-order chi connectivity index (χ1) is 5.24. The normalized spacial score (nSPS) is 9.55. The molecule has 1 aromatic rings. The van der Waals surface area contributed by atoms with Gasteiger partial charge in [-0.05, 0) is 6.07 Å². The van der Waals surface area contributed by atoms with Gasteiger partial charge in [0.1, 0.15) is 0 Å². The predicted molar refractivity (Wildman–Crippen MR) is 36.9 cm³/mol. The Balaban J connectivity index is 3.01. The fourth-order valence-electron chi connectivity index (χ4n) is 0.628. The Morgan fingerprint density at radius 3 is 3.00 bits per heavy atom. The Hall–Kier alpha value is -1.49. The van der Waals surface area contributed by atoms with Crippen LogP contribution in [0.3, 0.4) is 0 Å². The third-order valence-corrected chi connectivity index (χ3v) is 1.16. The number of carboxylic acid groups (broad SMARTS) is 1. The number of hydrogen-bond donors (Lipinski definition) is 2. The second-order valence-electron chi connectivity index (χ2n) is 1.94. The fraction of sp³-hybridized carbons (Fsp3) is 0.167. The van der Waals surface area contributed by atoms with Crippen molar-refractivity contribution < 1.29 is 9.90 Å². The van der Waals surface area contributed by atoms with Crippen molar-refractivity contribution in [1.82, 2.24) is 10.2 Å². The van der Waals surface area contributed by atoms with Gasteiger partial charge in [0, 0.05) is 6.54 Å². The lowest BCUT2D eigenvalue weighted by molar-refractivity contribution is 0.0696. The summed E-state index contributed by atoms with van der Waals surface area (Å²) in [6, 6.07) is 1.40. The number of rotatable bonds is 2. The van der Waals surface area contributed by atoms with E-state index in [0.29, 0.717) is 5.69 Å². The van der Waals surface area contributed by atoms with Gasteiger partial charge in [-0.1, -0.05) is 0 Å². The van der Waals surface area contributed by atoms with E-state index in [2.05, 4.69) is 10.2 Å². The molecule has 11 heavy (non-hydrogen) atoms. The van der Waals surface area contributed by atoms with E-state index >= 15 is 0 Å². The molecule has 58 valence electrons. The van der Waals surface area contributed by atoms with E-state index in [1.54, 1.807) is 0 Å². The van der Waals surface area contributed by atoms with Crippen LogP contribution in [0.2, 0.25) is 0 Å². The molecule has 5 heteroatoms. The summed E-state index contributed by atoms with van der Waals surface area (Å²) in [5.41, 5.74) is 5.81. The van der Waals surface area contributed by atoms with Gasteiger partial charge in [-0.25, -0.2) is 4.79 Å². The molecular weight excluding hydrogens is 146 g/mol. The highest BCUT2D eigenvalue weighted by atomic mass is 16.4. The lowest BCUT2D eigenvalue weighted by Gasteiger charge is -1.94. The summed E-state index contributed by atoms with van der Waals surface area (Å²) in [5, 5.41) is 15.6. The van der Waals surface area contributed by atoms with Crippen molar-refractivity contribution in [3.8, 4) is 0 Å². The van der Waals surface area contributed by atoms with E-state index in [4.69, 9.17) is 10.8 Å². The Labute approximate surface area is 62.9 Å². The molecule has 0 aliphatic rings. The van der Waals surface area contributed by atoms with Crippen LogP contribution in [0.4, 0.5) is 0 Å². The van der Waals surface area contributed by atoms with E-state index in [1.165, 1.54) is 12.3 Å². The molecule has 0 aliphatic heterocycles. The van der Waals surface area contributed by atoms with Crippen LogP contribution in [-0.2, 0) is 6.54 Å². The van der Waals surface area contributed by atoms with Crippen LogP contribution in [0, 0.1) is 0 Å². The van der Waals surface area contributed by atoms with Gasteiger partial charge in [0.2, 0.25) is 0 Å². The molecule has 0 saturated carbocycles. The van der Waals surface area contributed by atoms with Gasteiger partial charge in [-0.3, -0.25) is 0 Å². The number of carboxylic acids is 1. The van der Waals surface area contributed by atoms with E-state index in [0.717, 1.165) is 0 Å². The Morgan fingerprint density at radius 1 is 1.73 bits per heavy atom. The van der Waals surface area contributed by atoms with Crippen LogP contribution in [0.5, 0.6) is 0 Å². The maximum absolute atomic E-state index is 10.4. The molecule has 0 fully saturated rings. The molecular formula is C6H7N3O2. The third kappa shape index (κ3) is 1.71. The quantitative estimate of drug-likeness (QED) is 0.605. The van der Waals surface area contributed by atoms with E-state index in [9.17, 15) is 4.79 Å². The van der Waals surface area contributed by atoms with Gasteiger partial charge in [0.05, 0.1) is 17.5 Å². The number of nitrogens with two attached hydrogens (primary N) is 1. The summed E-state index contributed by atoms with van der Waals surface area (Å²) in [6.07, 6.45) is 1.18. The molecule has 0 unspecified atom stereocenters. The molecule has 1 rings (SSSR count). The van der Waals surface area contributed by atoms with Crippen LogP contribution >= 0.6 is 0 Å². The molecule has 0 atom stereocenters. The monoisotopic (exact) mass is 153 g/mol. The first-order valence-electron chi connectivity index (χ1n) is 2.99. The van der Waals surface area contributed by atoms with Gasteiger partial charge in [-0.2, -0.15) is 10.2 Å². The number of aromatic nitrogens is 2. The van der Waals surface area contributed by atoms with Crippen molar-refractivity contribution in [3.05, 3.63) is 23.5 Å². The standard InChI is InChI=1S/C6H7N3O2/c7-2-5-1-4(6(10)11)3-8-9-5/h1,3H,2,7H2,(H,10,11). The lowest BCUT2D eigenvalue weighted by Crippen LogP contribution is -2.05. The first kappa shape index (κ1) is 7.62. The molecule has 0 aliphatic carbocycles. The molecule has 3 N–H and O–H groups in total. The molecule has 0 aromatic carbocycles. The zero-order valence-electron chi connectivity index (χ0n) is 5.69. The Morgan fingerprint density at radius 2 is 2.45 bits per heavy atom. The van der Waals surface area contributed by atoms with Crippen molar-refractivity contribution in [1.29, 1.82) is 0 Å². The first-order valence-corrected chi connectivity index (χ1v) is 2.99. The number of carbonyl (C=O) groups is 1. The second kappa shape index (κ2) is 3.07. The van der Waals surface area contributed by atoms with Gasteiger partial charge in [0.25, 0.3) is 0 Å². The summed E-state index contributed by atoms with van der Waals surface area (Å²) in [4.78, 5) is 10.4. The van der Waals surface area contributed by atoms with Gasteiger partial charge in [-0.15, -0.1) is 0 Å². The number of hydrogen-bond acceptors (Lipinski definition) is 4. The Bertz CT molecular complexity index is 274. The van der Waals surface area contributed by atoms with Crippen LogP contribution in [-0.4, -0.2) is 21.3 Å². The molecule has 0 amide bonds. The zero-order valence-corrected chi connectivity index (χ0v) is 5.69. The lowest BCUT2D eigenvalue weighted by atomic mass is 10.2. The zero-order chi connectivity index (χ0) is 8.27. The summed E-state index contributed by atoms with van der Waals surface area (Å²) in [6.45, 7) is 0.202. The van der Waals surface area contributed by atoms with Crippen molar-refractivity contribution in [2.75, 3.05) is 0 Å². The number of aromatic carboxylic acids is 1. The van der Waals surface area contributed by atoms with Crippen molar-refractivity contribution in [3.63, 3.8) is 0 Å². The summed E-state index contributed by atoms with van der Waals surface area (Å²) >= 11 is 0. The van der Waals surface area contributed by atoms with Crippen molar-refractivity contribution >= 4 is 5.97 Å². The van der Waals surface area contributed by atoms with E-state index in [-0.39, 0.29) is 12.1 Å². The summed E-state index contributed by atoms with van der Waals surface area (Å²) in [7, 11) is 0. The minimum Gasteiger partial charge on any atom is -0.478 e. The highest BCUT2D eigenvalue weighted by Gasteiger charge is 2.03. The predicted octanol–water partition coefficient (Wildman–Crippen LogP) is -0.367. The molecule has 1 aromatic heterocycles. The highest BCUT2D eigenvalue weighted by Crippen LogP contribution is 1.97. The van der Waals surface area contributed by atoms with Crippen LogP contribution in [0.25, 0.3) is 0 Å². The topological polar surface area (TPSA) is 89.1 Å². The van der Waals surface area contributed by atoms with Crippen molar-refractivity contribution in [2.45, 2.75) is 6.54 Å². The maximum atomic E-state index is 10.4. The molecule has 1 heterocycles. The largest absolute Gasteiger partial charge is 0.478 e. The molecule has 0 bridgehead atoms. The van der Waals surface area contributed by atoms with Gasteiger partial charge in [0.15, 0.2) is 0 Å². The summed E-state index contributed by atoms with van der Waals surface area (Å²) in [5.74, 6) is -1.02. The van der Waals surface area contributed by atoms with E-state index in [1.807, 2.05) is 0 Å². The van der Waals surface area contributed by atoms with Crippen LogP contribution in [0.15, 0.2) is 12.3 Å². The van der Waals surface area contributed by atoms with Gasteiger partial charge >= 0.3 is 5.97 Å². The second-order valence-corrected chi connectivity index (χ2v) is 1.94. The molecule has 0 radical (unpaired) electrons. The van der Waals surface area contributed by atoms with Gasteiger partial charge < -0.3 is 10.8 Å². The van der Waals surface area contributed by atoms with Crippen molar-refractivity contribution in [2.24, 2.45) is 5.73 Å².